The number of methoxy groups -OCH3 is 6. The van der Waals surface area contributed by atoms with Crippen molar-refractivity contribution in [2.45, 2.75) is 82.8 Å². The highest BCUT2D eigenvalue weighted by atomic mass is 35.5. The molecular formula is C44H50ClN3O15. The third kappa shape index (κ3) is 12.5. The molecule has 19 heteroatoms. The fourth-order valence-electron chi connectivity index (χ4n) is 7.48. The van der Waals surface area contributed by atoms with E-state index in [2.05, 4.69) is 9.97 Å². The van der Waals surface area contributed by atoms with Crippen LogP contribution in [0.25, 0.3) is 0 Å². The second-order valence-corrected chi connectivity index (χ2v) is 14.7. The van der Waals surface area contributed by atoms with E-state index in [1.165, 1.54) is 42.7 Å². The number of carbonyl (C=O) groups excluding carboxylic acids is 8. The van der Waals surface area contributed by atoms with Crippen LogP contribution in [0.2, 0.25) is 0 Å². The average Bonchev–Trinajstić information content (AvgIpc) is 3.89. The maximum atomic E-state index is 14.0. The number of hydrogen-bond donors (Lipinski definition) is 2. The van der Waals surface area contributed by atoms with Crippen molar-refractivity contribution >= 4 is 64.8 Å². The van der Waals surface area contributed by atoms with E-state index in [1.54, 1.807) is 30.3 Å². The fourth-order valence-corrected chi connectivity index (χ4v) is 7.85. The zero-order valence-corrected chi connectivity index (χ0v) is 36.7. The number of nitrogens with zero attached hydrogens (tertiary/aromatic N) is 1. The van der Waals surface area contributed by atoms with Gasteiger partial charge in [0.1, 0.15) is 17.5 Å². The zero-order valence-electron chi connectivity index (χ0n) is 35.9. The highest BCUT2D eigenvalue weighted by Crippen LogP contribution is 2.44. The molecule has 1 aliphatic rings. The molecular weight excluding hydrogens is 846 g/mol. The van der Waals surface area contributed by atoms with E-state index in [0.717, 1.165) is 0 Å². The zero-order chi connectivity index (χ0) is 46.3. The third-order valence-electron chi connectivity index (χ3n) is 10.7. The number of halogens is 1. The molecule has 0 aliphatic carbocycles. The second kappa shape index (κ2) is 23.0. The number of H-pyrrole nitrogens is 2. The maximum absolute atomic E-state index is 14.0. The van der Waals surface area contributed by atoms with Crippen LogP contribution in [-0.2, 0) is 107 Å². The molecule has 0 spiro atoms. The van der Waals surface area contributed by atoms with Gasteiger partial charge in [-0.05, 0) is 58.2 Å². The van der Waals surface area contributed by atoms with Gasteiger partial charge in [-0.15, -0.1) is 0 Å². The number of ether oxygens (including phenoxy) is 7. The van der Waals surface area contributed by atoms with Crippen molar-refractivity contribution < 1.29 is 71.5 Å². The Morgan fingerprint density at radius 2 is 1.10 bits per heavy atom. The summed E-state index contributed by atoms with van der Waals surface area (Å²) >= 11 is 6.97. The molecule has 1 unspecified atom stereocenters. The normalized spacial score (nSPS) is 14.4. The van der Waals surface area contributed by atoms with Crippen LogP contribution < -0.4 is 0 Å². The molecule has 338 valence electrons. The lowest BCUT2D eigenvalue weighted by Crippen LogP contribution is -2.36. The van der Waals surface area contributed by atoms with E-state index in [-0.39, 0.29) is 109 Å². The number of nitrogens with one attached hydrogen (secondary N) is 2. The van der Waals surface area contributed by atoms with E-state index >= 15 is 0 Å². The molecule has 63 heavy (non-hydrogen) atoms. The van der Waals surface area contributed by atoms with Gasteiger partial charge in [0, 0.05) is 43.5 Å². The molecule has 3 aromatic rings. The van der Waals surface area contributed by atoms with Gasteiger partial charge in [0.15, 0.2) is 6.29 Å². The average molecular weight is 896 g/mol. The molecule has 0 amide bonds. The molecule has 3 heterocycles. The Hall–Kier alpha value is -6.56. The first-order valence-corrected chi connectivity index (χ1v) is 20.1. The van der Waals surface area contributed by atoms with Gasteiger partial charge in [0.2, 0.25) is 0 Å². The predicted octanol–water partition coefficient (Wildman–Crippen LogP) is 4.14. The lowest BCUT2D eigenvalue weighted by molar-refractivity contribution is -0.141. The molecule has 1 aromatic carbocycles. The van der Waals surface area contributed by atoms with E-state index in [9.17, 15) is 38.4 Å². The molecule has 1 atom stereocenters. The fraction of sp³-hybridized carbons (Fsp3) is 0.432. The monoisotopic (exact) mass is 895 g/mol. The minimum Gasteiger partial charge on any atom is -0.469 e. The molecule has 0 bridgehead atoms. The van der Waals surface area contributed by atoms with Gasteiger partial charge in [0.25, 0.3) is 0 Å². The number of aromatic amines is 2. The van der Waals surface area contributed by atoms with Crippen LogP contribution in [0, 0.1) is 0 Å². The molecule has 0 radical (unpaired) electrons. The summed E-state index contributed by atoms with van der Waals surface area (Å²) in [6.07, 6.45) is -1.86. The molecule has 2 aromatic heterocycles. The summed E-state index contributed by atoms with van der Waals surface area (Å²) in [6, 6.07) is 8.88. The molecule has 2 N–H and O–H groups in total. The Labute approximate surface area is 368 Å². The van der Waals surface area contributed by atoms with Gasteiger partial charge in [-0.2, -0.15) is 0 Å². The summed E-state index contributed by atoms with van der Waals surface area (Å²) in [7, 11) is 7.18. The Balaban J connectivity index is 2.06. The van der Waals surface area contributed by atoms with Crippen LogP contribution in [-0.4, -0.2) is 111 Å². The smallest absolute Gasteiger partial charge is 0.355 e. The summed E-state index contributed by atoms with van der Waals surface area (Å²) < 4.78 is 35.5. The molecule has 0 fully saturated rings. The van der Waals surface area contributed by atoms with E-state index < -0.39 is 60.2 Å². The number of aromatic nitrogens is 2. The molecule has 18 nitrogen and oxygen atoms in total. The van der Waals surface area contributed by atoms with Crippen molar-refractivity contribution in [1.82, 2.24) is 9.97 Å². The van der Waals surface area contributed by atoms with Crippen LogP contribution in [0.1, 0.15) is 92.3 Å². The number of rotatable bonds is 23. The van der Waals surface area contributed by atoms with Gasteiger partial charge in [-0.3, -0.25) is 38.6 Å². The van der Waals surface area contributed by atoms with E-state index in [4.69, 9.17) is 49.8 Å². The van der Waals surface area contributed by atoms with Gasteiger partial charge < -0.3 is 43.1 Å². The number of carbonyl (C=O) groups is 8. The maximum Gasteiger partial charge on any atom is 0.355 e. The number of allylic oxidation sites excluding steroid dienone is 1. The van der Waals surface area contributed by atoms with Gasteiger partial charge in [0.05, 0.1) is 73.2 Å². The van der Waals surface area contributed by atoms with E-state index in [0.29, 0.717) is 28.5 Å². The van der Waals surface area contributed by atoms with Crippen molar-refractivity contribution in [2.24, 2.45) is 4.99 Å². The first kappa shape index (κ1) is 49.1. The van der Waals surface area contributed by atoms with Gasteiger partial charge in [-0.1, -0.05) is 41.9 Å². The molecule has 0 saturated heterocycles. The van der Waals surface area contributed by atoms with Gasteiger partial charge in [-0.25, -0.2) is 4.79 Å². The van der Waals surface area contributed by atoms with Crippen LogP contribution >= 0.6 is 11.6 Å². The Bertz CT molecular complexity index is 2270. The summed E-state index contributed by atoms with van der Waals surface area (Å²) in [6.45, 7) is -0.122. The number of esters is 7. The SMILES string of the molecule is COC(=O)CCC1=C(CC(=O)OC)C(Cc2[nH]c(C=O)c(CCC(=O)OC)c2CC(=O)OC)(Cc2[nH]c(C(=O)OCc3ccccc3)c(CCC(=O)OC)c2CC(=O)OC)N=C1Cl. The Morgan fingerprint density at radius 1 is 0.619 bits per heavy atom. The summed E-state index contributed by atoms with van der Waals surface area (Å²) in [5, 5.41) is -0.0881. The van der Waals surface area contributed by atoms with Crippen LogP contribution in [0.5, 0.6) is 0 Å². The van der Waals surface area contributed by atoms with Crippen molar-refractivity contribution in [2.75, 3.05) is 42.7 Å². The first-order chi connectivity index (χ1) is 30.2. The minimum atomic E-state index is -1.66. The highest BCUT2D eigenvalue weighted by Gasteiger charge is 2.45. The first-order valence-electron chi connectivity index (χ1n) is 19.7. The largest absolute Gasteiger partial charge is 0.469 e. The number of aldehydes is 1. The number of benzene rings is 1. The van der Waals surface area contributed by atoms with Crippen molar-refractivity contribution in [3.8, 4) is 0 Å². The Morgan fingerprint density at radius 3 is 1.62 bits per heavy atom. The molecule has 0 saturated carbocycles. The van der Waals surface area contributed by atoms with Gasteiger partial charge >= 0.3 is 41.8 Å². The quantitative estimate of drug-likeness (QED) is 0.0772. The number of hydrogen-bond acceptors (Lipinski definition) is 16. The predicted molar refractivity (Wildman–Crippen MR) is 223 cm³/mol. The van der Waals surface area contributed by atoms with Crippen molar-refractivity contribution in [3.63, 3.8) is 0 Å². The van der Waals surface area contributed by atoms with Crippen LogP contribution in [0.4, 0.5) is 0 Å². The topological polar surface area (TPSA) is 245 Å². The second-order valence-electron chi connectivity index (χ2n) is 14.3. The van der Waals surface area contributed by atoms with Crippen LogP contribution in [0.3, 0.4) is 0 Å². The lowest BCUT2D eigenvalue weighted by atomic mass is 9.77. The van der Waals surface area contributed by atoms with Crippen molar-refractivity contribution in [3.05, 3.63) is 92.1 Å². The minimum absolute atomic E-state index is 0.0201. The third-order valence-corrected chi connectivity index (χ3v) is 11.0. The van der Waals surface area contributed by atoms with Crippen LogP contribution in [0.15, 0.2) is 46.5 Å². The summed E-state index contributed by atoms with van der Waals surface area (Å²) in [5.41, 5.74) is 1.14. The van der Waals surface area contributed by atoms with Crippen molar-refractivity contribution in [1.29, 1.82) is 0 Å². The standard InChI is InChI=1S/C44H50ClN3O15/c1-57-35(50)15-12-26-29(18-38(53)60-4)32(46-34(26)23-49)21-44(31(20-40(55)62-6)28(42(45)48-44)14-17-37(52)59-3)22-33-30(19-39(54)61-5)27(13-16-36(51)58-2)41(47-33)43(56)63-24-25-10-8-7-9-11-25/h7-11,23,46-47H,12-22,24H2,1-6H3. The van der Waals surface area contributed by atoms with E-state index in [1.807, 2.05) is 0 Å². The lowest BCUT2D eigenvalue weighted by Gasteiger charge is -2.31. The summed E-state index contributed by atoms with van der Waals surface area (Å²) in [4.78, 5) is 115. The molecule has 1 aliphatic heterocycles. The highest BCUT2D eigenvalue weighted by molar-refractivity contribution is 6.70. The summed E-state index contributed by atoms with van der Waals surface area (Å²) in [5.74, 6) is -4.70. The number of aliphatic imine (C=N–C) groups is 1. The Kier molecular flexibility index (Phi) is 18.0. The molecule has 4 rings (SSSR count).